The van der Waals surface area contributed by atoms with E-state index >= 15 is 0 Å². The fourth-order valence-electron chi connectivity index (χ4n) is 3.69. The highest BCUT2D eigenvalue weighted by Crippen LogP contribution is 2.38. The van der Waals surface area contributed by atoms with Gasteiger partial charge in [-0.2, -0.15) is 4.31 Å². The summed E-state index contributed by atoms with van der Waals surface area (Å²) in [4.78, 5) is 0.353. The van der Waals surface area contributed by atoms with Gasteiger partial charge in [0.25, 0.3) is 0 Å². The van der Waals surface area contributed by atoms with E-state index in [1.807, 2.05) is 7.05 Å². The summed E-state index contributed by atoms with van der Waals surface area (Å²) >= 11 is 5.86. The molecule has 1 aromatic carbocycles. The van der Waals surface area contributed by atoms with Crippen LogP contribution < -0.4 is 5.32 Å². The lowest BCUT2D eigenvalue weighted by Gasteiger charge is -2.47. The largest absolute Gasteiger partial charge is 0.317 e. The lowest BCUT2D eigenvalue weighted by atomic mass is 9.84. The molecule has 0 aliphatic carbocycles. The number of sulfonamides is 1. The third-order valence-electron chi connectivity index (χ3n) is 4.70. The van der Waals surface area contributed by atoms with Crippen LogP contribution in [0.15, 0.2) is 29.2 Å². The van der Waals surface area contributed by atoms with Crippen LogP contribution in [0.1, 0.15) is 32.1 Å². The predicted octanol–water partition coefficient (Wildman–Crippen LogP) is 2.63. The summed E-state index contributed by atoms with van der Waals surface area (Å²) in [6.45, 7) is 0. The number of nitrogens with zero attached hydrogens (tertiary/aromatic N) is 1. The van der Waals surface area contributed by atoms with Crippen LogP contribution in [-0.4, -0.2) is 37.9 Å². The van der Waals surface area contributed by atoms with Gasteiger partial charge in [-0.05, 0) is 57.0 Å². The number of fused-ring (bicyclic) bond motifs is 2. The lowest BCUT2D eigenvalue weighted by Crippen LogP contribution is -2.57. The van der Waals surface area contributed by atoms with Crippen molar-refractivity contribution in [1.29, 1.82) is 0 Å². The topological polar surface area (TPSA) is 49.4 Å². The molecule has 0 amide bonds. The summed E-state index contributed by atoms with van der Waals surface area (Å²) in [5, 5.41) is 3.87. The van der Waals surface area contributed by atoms with Gasteiger partial charge >= 0.3 is 0 Å². The van der Waals surface area contributed by atoms with Gasteiger partial charge in [0.05, 0.1) is 4.90 Å². The van der Waals surface area contributed by atoms with E-state index < -0.39 is 10.0 Å². The second-order valence-corrected chi connectivity index (χ2v) is 8.26. The molecule has 116 valence electrons. The Morgan fingerprint density at radius 3 is 2.24 bits per heavy atom. The van der Waals surface area contributed by atoms with Crippen molar-refractivity contribution in [2.75, 3.05) is 7.05 Å². The van der Waals surface area contributed by atoms with E-state index in [1.165, 1.54) is 0 Å². The number of rotatable bonds is 3. The quantitative estimate of drug-likeness (QED) is 0.928. The molecular weight excluding hydrogens is 308 g/mol. The highest BCUT2D eigenvalue weighted by atomic mass is 35.5. The Balaban J connectivity index is 1.93. The third kappa shape index (κ3) is 2.84. The van der Waals surface area contributed by atoms with Crippen molar-refractivity contribution in [2.24, 2.45) is 0 Å². The fourth-order valence-corrected chi connectivity index (χ4v) is 5.71. The van der Waals surface area contributed by atoms with Crippen molar-refractivity contribution in [1.82, 2.24) is 9.62 Å². The smallest absolute Gasteiger partial charge is 0.243 e. The van der Waals surface area contributed by atoms with Crippen molar-refractivity contribution in [3.8, 4) is 0 Å². The molecule has 2 bridgehead atoms. The van der Waals surface area contributed by atoms with Crippen molar-refractivity contribution >= 4 is 21.6 Å². The van der Waals surface area contributed by atoms with Gasteiger partial charge in [-0.3, -0.25) is 0 Å². The Morgan fingerprint density at radius 1 is 1.14 bits per heavy atom. The minimum Gasteiger partial charge on any atom is -0.317 e. The lowest BCUT2D eigenvalue weighted by molar-refractivity contribution is 0.102. The van der Waals surface area contributed by atoms with Crippen LogP contribution in [0, 0.1) is 0 Å². The molecule has 2 aliphatic heterocycles. The summed E-state index contributed by atoms with van der Waals surface area (Å²) in [6, 6.07) is 7.17. The van der Waals surface area contributed by atoms with E-state index in [1.54, 1.807) is 28.6 Å². The van der Waals surface area contributed by atoms with E-state index in [4.69, 9.17) is 11.6 Å². The van der Waals surface area contributed by atoms with Crippen LogP contribution in [0.25, 0.3) is 0 Å². The second-order valence-electron chi connectivity index (χ2n) is 5.98. The molecule has 2 unspecified atom stereocenters. The van der Waals surface area contributed by atoms with Crippen LogP contribution in [0.2, 0.25) is 5.02 Å². The van der Waals surface area contributed by atoms with Gasteiger partial charge in [0.1, 0.15) is 0 Å². The standard InChI is InChI=1S/C15H21ClN2O2S/c1-17-12-9-13-3-2-4-14(10-12)18(13)21(19,20)15-7-5-11(16)6-8-15/h5-8,12-14,17H,2-4,9-10H2,1H3. The van der Waals surface area contributed by atoms with Crippen molar-refractivity contribution in [3.05, 3.63) is 29.3 Å². The SMILES string of the molecule is CNC1CC2CCCC(C1)N2S(=O)(=O)c1ccc(Cl)cc1. The summed E-state index contributed by atoms with van der Waals surface area (Å²) in [7, 11) is -1.46. The van der Waals surface area contributed by atoms with Gasteiger partial charge in [-0.25, -0.2) is 8.42 Å². The van der Waals surface area contributed by atoms with Gasteiger partial charge in [-0.1, -0.05) is 18.0 Å². The van der Waals surface area contributed by atoms with Crippen LogP contribution in [-0.2, 0) is 10.0 Å². The highest BCUT2D eigenvalue weighted by molar-refractivity contribution is 7.89. The number of nitrogens with one attached hydrogen (secondary N) is 1. The first-order chi connectivity index (χ1) is 10.0. The van der Waals surface area contributed by atoms with Gasteiger partial charge in [0, 0.05) is 23.1 Å². The molecule has 21 heavy (non-hydrogen) atoms. The second kappa shape index (κ2) is 5.88. The molecule has 2 aliphatic rings. The summed E-state index contributed by atoms with van der Waals surface area (Å²) < 4.78 is 27.7. The molecule has 0 spiro atoms. The third-order valence-corrected chi connectivity index (χ3v) is 6.98. The summed E-state index contributed by atoms with van der Waals surface area (Å²) in [5.41, 5.74) is 0. The first kappa shape index (κ1) is 15.3. The van der Waals surface area contributed by atoms with Gasteiger partial charge in [-0.15, -0.1) is 0 Å². The number of benzene rings is 1. The molecule has 2 fully saturated rings. The number of hydrogen-bond acceptors (Lipinski definition) is 3. The normalized spacial score (nSPS) is 30.3. The Morgan fingerprint density at radius 2 is 1.71 bits per heavy atom. The number of halogens is 1. The zero-order valence-electron chi connectivity index (χ0n) is 12.1. The molecule has 3 rings (SSSR count). The van der Waals surface area contributed by atoms with Gasteiger partial charge in [0.2, 0.25) is 10.0 Å². The van der Waals surface area contributed by atoms with E-state index in [0.29, 0.717) is 16.0 Å². The maximum absolute atomic E-state index is 13.0. The predicted molar refractivity (Wildman–Crippen MR) is 84.0 cm³/mol. The molecule has 0 aromatic heterocycles. The number of piperidine rings is 2. The average Bonchev–Trinajstić information content (AvgIpc) is 2.46. The first-order valence-corrected chi connectivity index (χ1v) is 9.30. The first-order valence-electron chi connectivity index (χ1n) is 7.48. The van der Waals surface area contributed by atoms with E-state index in [2.05, 4.69) is 5.32 Å². The van der Waals surface area contributed by atoms with E-state index in [-0.39, 0.29) is 12.1 Å². The molecule has 6 heteroatoms. The molecule has 1 aromatic rings. The monoisotopic (exact) mass is 328 g/mol. The van der Waals surface area contributed by atoms with Crippen molar-refractivity contribution < 1.29 is 8.42 Å². The minimum absolute atomic E-state index is 0.121. The fraction of sp³-hybridized carbons (Fsp3) is 0.600. The molecule has 4 nitrogen and oxygen atoms in total. The Bertz CT molecular complexity index is 589. The zero-order chi connectivity index (χ0) is 15.0. The van der Waals surface area contributed by atoms with Crippen molar-refractivity contribution in [3.63, 3.8) is 0 Å². The highest BCUT2D eigenvalue weighted by Gasteiger charge is 2.44. The maximum Gasteiger partial charge on any atom is 0.243 e. The molecule has 2 saturated heterocycles. The Kier molecular flexibility index (Phi) is 4.28. The molecular formula is C15H21ClN2O2S. The average molecular weight is 329 g/mol. The summed E-state index contributed by atoms with van der Waals surface area (Å²) in [5.74, 6) is 0. The van der Waals surface area contributed by atoms with Gasteiger partial charge < -0.3 is 5.32 Å². The summed E-state index contributed by atoms with van der Waals surface area (Å²) in [6.07, 6.45) is 4.85. The Hall–Kier alpha value is -0.620. The Labute approximate surface area is 131 Å². The minimum atomic E-state index is -3.42. The van der Waals surface area contributed by atoms with Crippen LogP contribution in [0.3, 0.4) is 0 Å². The van der Waals surface area contributed by atoms with E-state index in [9.17, 15) is 8.42 Å². The van der Waals surface area contributed by atoms with Crippen LogP contribution in [0.5, 0.6) is 0 Å². The molecule has 0 saturated carbocycles. The molecule has 1 N–H and O–H groups in total. The van der Waals surface area contributed by atoms with Crippen LogP contribution in [0.4, 0.5) is 0 Å². The molecule has 2 heterocycles. The van der Waals surface area contributed by atoms with Crippen LogP contribution >= 0.6 is 11.6 Å². The number of hydrogen-bond donors (Lipinski definition) is 1. The van der Waals surface area contributed by atoms with Crippen molar-refractivity contribution in [2.45, 2.75) is 55.1 Å². The van der Waals surface area contributed by atoms with Gasteiger partial charge in [0.15, 0.2) is 0 Å². The maximum atomic E-state index is 13.0. The molecule has 2 atom stereocenters. The molecule has 0 radical (unpaired) electrons. The van der Waals surface area contributed by atoms with E-state index in [0.717, 1.165) is 32.1 Å². The zero-order valence-corrected chi connectivity index (χ0v) is 13.7.